The van der Waals surface area contributed by atoms with Crippen LogP contribution in [0.4, 0.5) is 26.3 Å². The van der Waals surface area contributed by atoms with Crippen molar-refractivity contribution in [3.63, 3.8) is 0 Å². The fourth-order valence-corrected chi connectivity index (χ4v) is 2.04. The van der Waals surface area contributed by atoms with Gasteiger partial charge >= 0.3 is 0 Å². The molecule has 0 saturated carbocycles. The van der Waals surface area contributed by atoms with E-state index < -0.39 is 46.0 Å². The molecule has 0 amide bonds. The van der Waals surface area contributed by atoms with Crippen molar-refractivity contribution in [2.45, 2.75) is 0 Å². The van der Waals surface area contributed by atoms with Crippen LogP contribution in [-0.4, -0.2) is 0 Å². The third-order valence-electron chi connectivity index (χ3n) is 2.43. The minimum absolute atomic E-state index is 0.000888. The van der Waals surface area contributed by atoms with Gasteiger partial charge in [0, 0.05) is 9.13 Å². The average molecular weight is 388 g/mol. The molecule has 0 atom stereocenters. The first-order chi connectivity index (χ1) is 8.86. The molecule has 2 aromatic carbocycles. The number of halogens is 7. The standard InChI is InChI=1S/C12H3F6I/c13-7-4(2-1-3-5(7)19)6-8(14)10(16)12(18)11(17)9(6)15/h1-3H. The Bertz CT molecular complexity index is 639. The van der Waals surface area contributed by atoms with Gasteiger partial charge in [-0.05, 0) is 28.7 Å². The van der Waals surface area contributed by atoms with Crippen LogP contribution in [0.2, 0.25) is 0 Å². The highest BCUT2D eigenvalue weighted by Gasteiger charge is 2.28. The lowest BCUT2D eigenvalue weighted by atomic mass is 10.0. The molecule has 2 aromatic rings. The largest absolute Gasteiger partial charge is 0.205 e. The summed E-state index contributed by atoms with van der Waals surface area (Å²) in [4.78, 5) is 0. The van der Waals surface area contributed by atoms with Crippen LogP contribution in [0, 0.1) is 38.5 Å². The molecule has 100 valence electrons. The van der Waals surface area contributed by atoms with E-state index in [2.05, 4.69) is 0 Å². The molecule has 0 aliphatic rings. The second-order valence-corrected chi connectivity index (χ2v) is 4.71. The number of hydrogen-bond donors (Lipinski definition) is 0. The predicted molar refractivity (Wildman–Crippen MR) is 64.3 cm³/mol. The SMILES string of the molecule is Fc1c(I)cccc1-c1c(F)c(F)c(F)c(F)c1F. The van der Waals surface area contributed by atoms with Crippen LogP contribution in [0.1, 0.15) is 0 Å². The molecule has 0 aromatic heterocycles. The molecule has 0 fully saturated rings. The first-order valence-electron chi connectivity index (χ1n) is 4.82. The summed E-state index contributed by atoms with van der Waals surface area (Å²) in [6.07, 6.45) is 0. The van der Waals surface area contributed by atoms with Gasteiger partial charge in [0.05, 0.1) is 5.56 Å². The second-order valence-electron chi connectivity index (χ2n) is 3.55. The maximum Gasteiger partial charge on any atom is 0.200 e. The van der Waals surface area contributed by atoms with E-state index in [9.17, 15) is 26.3 Å². The number of benzene rings is 2. The third-order valence-corrected chi connectivity index (χ3v) is 3.26. The van der Waals surface area contributed by atoms with Crippen LogP contribution in [0.3, 0.4) is 0 Å². The minimum atomic E-state index is -2.27. The molecule has 0 saturated heterocycles. The minimum Gasteiger partial charge on any atom is -0.205 e. The molecule has 7 heteroatoms. The Morgan fingerprint density at radius 3 is 1.63 bits per heavy atom. The quantitative estimate of drug-likeness (QED) is 0.285. The summed E-state index contributed by atoms with van der Waals surface area (Å²) in [6, 6.07) is 3.49. The van der Waals surface area contributed by atoms with Crippen LogP contribution < -0.4 is 0 Å². The van der Waals surface area contributed by atoms with Crippen molar-refractivity contribution >= 4 is 22.6 Å². The van der Waals surface area contributed by atoms with Gasteiger partial charge in [-0.2, -0.15) is 0 Å². The first-order valence-corrected chi connectivity index (χ1v) is 5.90. The zero-order valence-corrected chi connectivity index (χ0v) is 11.0. The summed E-state index contributed by atoms with van der Waals surface area (Å²) in [5.74, 6) is -11.6. The number of rotatable bonds is 1. The first kappa shape index (κ1) is 14.2. The highest BCUT2D eigenvalue weighted by molar-refractivity contribution is 14.1. The van der Waals surface area contributed by atoms with Crippen molar-refractivity contribution in [1.29, 1.82) is 0 Å². The van der Waals surface area contributed by atoms with E-state index in [1.54, 1.807) is 22.6 Å². The van der Waals surface area contributed by atoms with Gasteiger partial charge in [-0.3, -0.25) is 0 Å². The molecule has 19 heavy (non-hydrogen) atoms. The summed E-state index contributed by atoms with van der Waals surface area (Å²) in [5, 5.41) is 0. The summed E-state index contributed by atoms with van der Waals surface area (Å²) >= 11 is 1.54. The van der Waals surface area contributed by atoms with Crippen molar-refractivity contribution < 1.29 is 26.3 Å². The van der Waals surface area contributed by atoms with Crippen LogP contribution in [0.15, 0.2) is 18.2 Å². The lowest BCUT2D eigenvalue weighted by molar-refractivity contribution is 0.381. The van der Waals surface area contributed by atoms with Gasteiger partial charge in [0.15, 0.2) is 23.3 Å². The third kappa shape index (κ3) is 2.19. The van der Waals surface area contributed by atoms with Gasteiger partial charge in [-0.15, -0.1) is 0 Å². The van der Waals surface area contributed by atoms with Crippen LogP contribution in [-0.2, 0) is 0 Å². The Labute approximate surface area is 117 Å². The smallest absolute Gasteiger partial charge is 0.200 e. The average Bonchev–Trinajstić information content (AvgIpc) is 2.39. The molecule has 0 radical (unpaired) electrons. The molecular weight excluding hydrogens is 385 g/mol. The lowest BCUT2D eigenvalue weighted by Gasteiger charge is -2.09. The highest BCUT2D eigenvalue weighted by atomic mass is 127. The normalized spacial score (nSPS) is 10.9. The summed E-state index contributed by atoms with van der Waals surface area (Å²) in [7, 11) is 0. The fourth-order valence-electron chi connectivity index (χ4n) is 1.54. The van der Waals surface area contributed by atoms with Gasteiger partial charge < -0.3 is 0 Å². The van der Waals surface area contributed by atoms with E-state index in [0.29, 0.717) is 0 Å². The topological polar surface area (TPSA) is 0 Å². The Morgan fingerprint density at radius 2 is 1.11 bits per heavy atom. The van der Waals surface area contributed by atoms with E-state index in [-0.39, 0.29) is 3.57 Å². The Balaban J connectivity index is 2.87. The van der Waals surface area contributed by atoms with Gasteiger partial charge in [0.25, 0.3) is 0 Å². The van der Waals surface area contributed by atoms with Crippen molar-refractivity contribution in [3.8, 4) is 11.1 Å². The molecule has 0 spiro atoms. The van der Waals surface area contributed by atoms with E-state index in [1.165, 1.54) is 12.1 Å². The fraction of sp³-hybridized carbons (Fsp3) is 0. The zero-order chi connectivity index (χ0) is 14.3. The van der Waals surface area contributed by atoms with Gasteiger partial charge in [-0.1, -0.05) is 12.1 Å². The summed E-state index contributed by atoms with van der Waals surface area (Å²) < 4.78 is 79.7. The lowest BCUT2D eigenvalue weighted by Crippen LogP contribution is -2.05. The molecule has 0 N–H and O–H groups in total. The van der Waals surface area contributed by atoms with Crippen LogP contribution >= 0.6 is 22.6 Å². The van der Waals surface area contributed by atoms with E-state index >= 15 is 0 Å². The second kappa shape index (κ2) is 5.03. The Hall–Kier alpha value is -1.25. The molecule has 0 bridgehead atoms. The molecular formula is C12H3F6I. The molecule has 0 aliphatic heterocycles. The molecule has 0 unspecified atom stereocenters. The van der Waals surface area contributed by atoms with E-state index in [0.717, 1.165) is 6.07 Å². The monoisotopic (exact) mass is 388 g/mol. The van der Waals surface area contributed by atoms with Gasteiger partial charge in [-0.25, -0.2) is 26.3 Å². The van der Waals surface area contributed by atoms with Crippen molar-refractivity contribution in [2.75, 3.05) is 0 Å². The summed E-state index contributed by atoms with van der Waals surface area (Å²) in [5.41, 5.74) is -1.95. The molecule has 0 heterocycles. The van der Waals surface area contributed by atoms with Gasteiger partial charge in [0.1, 0.15) is 5.82 Å². The van der Waals surface area contributed by atoms with E-state index in [1.807, 2.05) is 0 Å². The maximum atomic E-state index is 13.7. The number of hydrogen-bond acceptors (Lipinski definition) is 0. The van der Waals surface area contributed by atoms with Crippen molar-refractivity contribution in [3.05, 3.63) is 56.7 Å². The van der Waals surface area contributed by atoms with Gasteiger partial charge in [0.2, 0.25) is 5.82 Å². The van der Waals surface area contributed by atoms with Crippen molar-refractivity contribution in [1.82, 2.24) is 0 Å². The predicted octanol–water partition coefficient (Wildman–Crippen LogP) is 4.79. The Kier molecular flexibility index (Phi) is 3.75. The summed E-state index contributed by atoms with van der Waals surface area (Å²) in [6.45, 7) is 0. The highest BCUT2D eigenvalue weighted by Crippen LogP contribution is 2.34. The molecule has 0 aliphatic carbocycles. The molecule has 0 nitrogen and oxygen atoms in total. The zero-order valence-electron chi connectivity index (χ0n) is 8.88. The maximum absolute atomic E-state index is 13.7. The van der Waals surface area contributed by atoms with Crippen LogP contribution in [0.5, 0.6) is 0 Å². The molecule has 2 rings (SSSR count). The van der Waals surface area contributed by atoms with Crippen molar-refractivity contribution in [2.24, 2.45) is 0 Å². The van der Waals surface area contributed by atoms with E-state index in [4.69, 9.17) is 0 Å². The van der Waals surface area contributed by atoms with Crippen LogP contribution in [0.25, 0.3) is 11.1 Å². The Morgan fingerprint density at radius 1 is 0.632 bits per heavy atom.